The summed E-state index contributed by atoms with van der Waals surface area (Å²) in [5.74, 6) is 4.75. The molecule has 0 aromatic rings. The fraction of sp³-hybridized carbons (Fsp3) is 1.00. The number of ether oxygens (including phenoxy) is 1. The van der Waals surface area contributed by atoms with E-state index in [0.29, 0.717) is 37.0 Å². The van der Waals surface area contributed by atoms with Crippen molar-refractivity contribution < 1.29 is 18.0 Å². The molecule has 7 unspecified atom stereocenters. The number of nitrogens with one attached hydrogen (secondary N) is 1. The summed E-state index contributed by atoms with van der Waals surface area (Å²) >= 11 is 0. The Morgan fingerprint density at radius 2 is 1.62 bits per heavy atom. The lowest BCUT2D eigenvalue weighted by molar-refractivity contribution is -0.128. The van der Waals surface area contributed by atoms with E-state index in [-0.39, 0.29) is 12.1 Å². The maximum absolute atomic E-state index is 13.9. The Bertz CT molecular complexity index is 853. The van der Waals surface area contributed by atoms with E-state index in [9.17, 15) is 8.42 Å². The largest absolute Gasteiger partial charge is 0.383 e. The Balaban J connectivity index is 1.29. The Kier molecular flexibility index (Phi) is 8.94. The third-order valence-corrected chi connectivity index (χ3v) is 13.9. The minimum Gasteiger partial charge on any atom is -0.383 e. The van der Waals surface area contributed by atoms with Crippen molar-refractivity contribution in [2.45, 2.75) is 115 Å². The first kappa shape index (κ1) is 28.3. The molecule has 5 fully saturated rings. The van der Waals surface area contributed by atoms with Crippen LogP contribution >= 0.6 is 0 Å². The predicted octanol–water partition coefficient (Wildman–Crippen LogP) is 4.29. The van der Waals surface area contributed by atoms with Crippen LogP contribution in [0.5, 0.6) is 0 Å². The molecule has 0 bridgehead atoms. The molecule has 3 aliphatic heterocycles. The summed E-state index contributed by atoms with van der Waals surface area (Å²) in [7, 11) is -1.63. The van der Waals surface area contributed by atoms with Gasteiger partial charge in [0, 0.05) is 32.3 Å². The number of hydrogen-bond acceptors (Lipinski definition) is 6. The van der Waals surface area contributed by atoms with E-state index in [4.69, 9.17) is 9.57 Å². The molecule has 2 saturated carbocycles. The van der Waals surface area contributed by atoms with Crippen molar-refractivity contribution in [1.82, 2.24) is 14.7 Å². The Labute approximate surface area is 226 Å². The van der Waals surface area contributed by atoms with Gasteiger partial charge in [0.05, 0.1) is 18.8 Å². The van der Waals surface area contributed by atoms with E-state index in [1.54, 1.807) is 0 Å². The van der Waals surface area contributed by atoms with Gasteiger partial charge in [0.25, 0.3) is 0 Å². The monoisotopic (exact) mass is 539 g/mol. The molecule has 3 heterocycles. The highest BCUT2D eigenvalue weighted by atomic mass is 32.2. The van der Waals surface area contributed by atoms with Crippen LogP contribution in [0.25, 0.3) is 0 Å². The number of fused-ring (bicyclic) bond motifs is 1. The minimum atomic E-state index is -3.45. The summed E-state index contributed by atoms with van der Waals surface area (Å²) in [5.41, 5.74) is 2.91. The lowest BCUT2D eigenvalue weighted by Crippen LogP contribution is -2.71. The van der Waals surface area contributed by atoms with Crippen LogP contribution in [-0.2, 0) is 19.6 Å². The standard InChI is InChI=1S/C29H53N3O4S/c1-19-9-8-10-25(20(19)2)23-11-13-24(14-12-23)28-26-17-31(15-6-7-16-32(26)27(28)18-35-5)37(33,34)29-21(3)30-36-22(29)4/h19-30H,6-18H2,1-5H3/t19?,20?,21?,22?,23?,24?,25?,26?,27-,28+,29?/m1/s1. The number of rotatable bonds is 6. The summed E-state index contributed by atoms with van der Waals surface area (Å²) in [4.78, 5) is 8.13. The van der Waals surface area contributed by atoms with Crippen LogP contribution in [0.4, 0.5) is 0 Å². The molecule has 5 rings (SSSR count). The quantitative estimate of drug-likeness (QED) is 0.543. The highest BCUT2D eigenvalue weighted by Gasteiger charge is 2.54. The maximum Gasteiger partial charge on any atom is 0.221 e. The summed E-state index contributed by atoms with van der Waals surface area (Å²) in [6, 6.07) is 0.550. The van der Waals surface area contributed by atoms with E-state index in [2.05, 4.69) is 24.2 Å². The van der Waals surface area contributed by atoms with Crippen molar-refractivity contribution in [2.75, 3.05) is 33.4 Å². The normalized spacial score (nSPS) is 46.6. The molecular weight excluding hydrogens is 486 g/mol. The van der Waals surface area contributed by atoms with Gasteiger partial charge < -0.3 is 4.74 Å². The van der Waals surface area contributed by atoms with Crippen molar-refractivity contribution in [3.05, 3.63) is 0 Å². The first-order valence-corrected chi connectivity index (χ1v) is 16.9. The van der Waals surface area contributed by atoms with Crippen LogP contribution in [0.2, 0.25) is 0 Å². The lowest BCUT2D eigenvalue weighted by atomic mass is 9.60. The lowest BCUT2D eigenvalue weighted by Gasteiger charge is -2.60. The fourth-order valence-corrected chi connectivity index (χ4v) is 11.4. The van der Waals surface area contributed by atoms with Crippen molar-refractivity contribution in [3.63, 3.8) is 0 Å². The molecule has 8 heteroatoms. The zero-order valence-corrected chi connectivity index (χ0v) is 24.8. The molecule has 0 aromatic heterocycles. The van der Waals surface area contributed by atoms with Gasteiger partial charge in [-0.15, -0.1) is 0 Å². The van der Waals surface area contributed by atoms with Crippen LogP contribution in [-0.4, -0.2) is 80.5 Å². The van der Waals surface area contributed by atoms with Gasteiger partial charge in [-0.1, -0.05) is 26.7 Å². The molecule has 214 valence electrons. The van der Waals surface area contributed by atoms with Gasteiger partial charge in [-0.05, 0) is 101 Å². The van der Waals surface area contributed by atoms with Gasteiger partial charge in [-0.3, -0.25) is 9.74 Å². The molecule has 0 radical (unpaired) electrons. The van der Waals surface area contributed by atoms with E-state index in [1.165, 1.54) is 44.9 Å². The van der Waals surface area contributed by atoms with Gasteiger partial charge in [0.15, 0.2) is 0 Å². The second kappa shape index (κ2) is 11.7. The second-order valence-corrected chi connectivity index (χ2v) is 15.4. The minimum absolute atomic E-state index is 0.194. The second-order valence-electron chi connectivity index (χ2n) is 13.3. The van der Waals surface area contributed by atoms with E-state index in [1.807, 2.05) is 25.3 Å². The zero-order valence-electron chi connectivity index (χ0n) is 24.0. The molecule has 5 aliphatic rings. The van der Waals surface area contributed by atoms with E-state index < -0.39 is 15.3 Å². The summed E-state index contributed by atoms with van der Waals surface area (Å²) in [5, 5.41) is -0.524. The Hall–Kier alpha value is -0.250. The number of nitrogens with zero attached hydrogens (tertiary/aromatic N) is 2. The highest BCUT2D eigenvalue weighted by Crippen LogP contribution is 2.50. The third kappa shape index (κ3) is 5.41. The number of hydroxylamine groups is 1. The fourth-order valence-electron chi connectivity index (χ4n) is 9.19. The molecule has 0 spiro atoms. The van der Waals surface area contributed by atoms with Gasteiger partial charge >= 0.3 is 0 Å². The molecular formula is C29H53N3O4S. The molecule has 0 aromatic carbocycles. The smallest absolute Gasteiger partial charge is 0.221 e. The summed E-state index contributed by atoms with van der Waals surface area (Å²) < 4.78 is 35.3. The molecule has 37 heavy (non-hydrogen) atoms. The number of sulfonamides is 1. The molecule has 2 aliphatic carbocycles. The number of hydrogen-bond donors (Lipinski definition) is 1. The third-order valence-electron chi connectivity index (χ3n) is 11.4. The van der Waals surface area contributed by atoms with Crippen molar-refractivity contribution >= 4 is 10.0 Å². The predicted molar refractivity (Wildman–Crippen MR) is 147 cm³/mol. The zero-order chi connectivity index (χ0) is 26.3. The average Bonchev–Trinajstić information content (AvgIpc) is 3.20. The van der Waals surface area contributed by atoms with Crippen molar-refractivity contribution in [1.29, 1.82) is 0 Å². The van der Waals surface area contributed by atoms with Gasteiger partial charge in [0.1, 0.15) is 5.25 Å². The topological polar surface area (TPSA) is 71.1 Å². The molecule has 7 nitrogen and oxygen atoms in total. The van der Waals surface area contributed by atoms with Gasteiger partial charge in [0.2, 0.25) is 10.0 Å². The van der Waals surface area contributed by atoms with Crippen molar-refractivity contribution in [3.8, 4) is 0 Å². The summed E-state index contributed by atoms with van der Waals surface area (Å²) in [6.07, 6.45) is 11.2. The SMILES string of the molecule is COC[C@@H]1[C@@H](C2CCC(C3CCCC(C)C3C)CC2)C2CN(S(=O)(=O)C3C(C)NOC3C)CCCCN21. The average molecular weight is 540 g/mol. The van der Waals surface area contributed by atoms with Gasteiger partial charge in [-0.25, -0.2) is 8.42 Å². The van der Waals surface area contributed by atoms with Gasteiger partial charge in [-0.2, -0.15) is 9.79 Å². The Morgan fingerprint density at radius 1 is 0.919 bits per heavy atom. The van der Waals surface area contributed by atoms with Crippen LogP contribution in [0.1, 0.15) is 85.5 Å². The maximum atomic E-state index is 13.9. The molecule has 0 amide bonds. The molecule has 9 atom stereocenters. The van der Waals surface area contributed by atoms with Crippen molar-refractivity contribution in [2.24, 2.45) is 35.5 Å². The van der Waals surface area contributed by atoms with Crippen LogP contribution in [0.15, 0.2) is 0 Å². The Morgan fingerprint density at radius 3 is 2.30 bits per heavy atom. The molecule has 3 saturated heterocycles. The first-order chi connectivity index (χ1) is 17.7. The van der Waals surface area contributed by atoms with E-state index in [0.717, 1.165) is 49.7 Å². The number of methoxy groups -OCH3 is 1. The van der Waals surface area contributed by atoms with Crippen LogP contribution in [0, 0.1) is 35.5 Å². The summed E-state index contributed by atoms with van der Waals surface area (Å²) in [6.45, 7) is 11.9. The van der Waals surface area contributed by atoms with E-state index >= 15 is 0 Å². The highest BCUT2D eigenvalue weighted by molar-refractivity contribution is 7.89. The van der Waals surface area contributed by atoms with Crippen LogP contribution < -0.4 is 5.48 Å². The molecule has 1 N–H and O–H groups in total. The van der Waals surface area contributed by atoms with Crippen LogP contribution in [0.3, 0.4) is 0 Å². The first-order valence-electron chi connectivity index (χ1n) is 15.4.